The zero-order chi connectivity index (χ0) is 14.7. The number of fused-ring (bicyclic) bond motifs is 1. The zero-order valence-corrected chi connectivity index (χ0v) is 11.0. The molecule has 2 amide bonds. The highest BCUT2D eigenvalue weighted by molar-refractivity contribution is 5.85. The van der Waals surface area contributed by atoms with Crippen molar-refractivity contribution in [2.45, 2.75) is 0 Å². The molecule has 6 heteroatoms. The summed E-state index contributed by atoms with van der Waals surface area (Å²) in [5.41, 5.74) is 4.00. The van der Waals surface area contributed by atoms with Crippen LogP contribution in [0, 0.1) is 0 Å². The van der Waals surface area contributed by atoms with E-state index in [0.717, 1.165) is 28.1 Å². The van der Waals surface area contributed by atoms with Crippen LogP contribution in [0.1, 0.15) is 0 Å². The number of aromatic amines is 1. The molecule has 0 aliphatic rings. The van der Waals surface area contributed by atoms with Gasteiger partial charge in [0, 0.05) is 16.9 Å². The highest BCUT2D eigenvalue weighted by Crippen LogP contribution is 2.23. The molecular formula is C15H12N4O2. The Morgan fingerprint density at radius 2 is 1.57 bits per heavy atom. The number of amides is 2. The smallest absolute Gasteiger partial charge is 0.211 e. The summed E-state index contributed by atoms with van der Waals surface area (Å²) < 4.78 is 0. The maximum Gasteiger partial charge on any atom is 0.211 e. The third-order valence-electron chi connectivity index (χ3n) is 3.09. The van der Waals surface area contributed by atoms with E-state index in [0.29, 0.717) is 18.5 Å². The van der Waals surface area contributed by atoms with Gasteiger partial charge in [-0.25, -0.2) is 4.98 Å². The standard InChI is InChI=1S/C15H12N4O2/c20-8-16-11-3-1-10(2-4-11)15-18-13-6-5-12(17-9-21)7-14(13)19-15/h1-9H,(H,16,20)(H,17,21)(H,18,19). The van der Waals surface area contributed by atoms with Crippen molar-refractivity contribution in [3.8, 4) is 11.4 Å². The molecule has 0 bridgehead atoms. The van der Waals surface area contributed by atoms with Gasteiger partial charge in [0.1, 0.15) is 5.82 Å². The van der Waals surface area contributed by atoms with Gasteiger partial charge in [0.15, 0.2) is 0 Å². The molecule has 1 heterocycles. The molecule has 0 fully saturated rings. The average molecular weight is 280 g/mol. The van der Waals surface area contributed by atoms with Crippen molar-refractivity contribution < 1.29 is 9.59 Å². The monoisotopic (exact) mass is 280 g/mol. The molecule has 0 saturated heterocycles. The van der Waals surface area contributed by atoms with Crippen LogP contribution in [-0.2, 0) is 9.59 Å². The number of rotatable bonds is 5. The molecule has 104 valence electrons. The number of nitrogens with zero attached hydrogens (tertiary/aromatic N) is 1. The molecule has 1 aromatic heterocycles. The van der Waals surface area contributed by atoms with E-state index in [4.69, 9.17) is 0 Å². The van der Waals surface area contributed by atoms with Crippen LogP contribution in [0.5, 0.6) is 0 Å². The summed E-state index contributed by atoms with van der Waals surface area (Å²) in [7, 11) is 0. The normalized spacial score (nSPS) is 10.3. The van der Waals surface area contributed by atoms with Crippen LogP contribution in [0.15, 0.2) is 42.5 Å². The Kier molecular flexibility index (Phi) is 3.34. The Hall–Kier alpha value is -3.15. The second-order valence-electron chi connectivity index (χ2n) is 4.42. The van der Waals surface area contributed by atoms with Crippen LogP contribution in [0.3, 0.4) is 0 Å². The molecule has 3 N–H and O–H groups in total. The Morgan fingerprint density at radius 1 is 0.905 bits per heavy atom. The number of imidazole rings is 1. The van der Waals surface area contributed by atoms with Gasteiger partial charge in [-0.3, -0.25) is 9.59 Å². The maximum absolute atomic E-state index is 10.5. The highest BCUT2D eigenvalue weighted by Gasteiger charge is 2.06. The van der Waals surface area contributed by atoms with Crippen molar-refractivity contribution in [2.24, 2.45) is 0 Å². The Morgan fingerprint density at radius 3 is 2.29 bits per heavy atom. The van der Waals surface area contributed by atoms with Crippen LogP contribution in [0.2, 0.25) is 0 Å². The molecular weight excluding hydrogens is 268 g/mol. The first-order valence-electron chi connectivity index (χ1n) is 6.31. The van der Waals surface area contributed by atoms with Crippen LogP contribution < -0.4 is 10.6 Å². The molecule has 0 saturated carbocycles. The van der Waals surface area contributed by atoms with Crippen LogP contribution in [0.4, 0.5) is 11.4 Å². The van der Waals surface area contributed by atoms with Crippen molar-refractivity contribution in [1.29, 1.82) is 0 Å². The Balaban J connectivity index is 1.96. The third-order valence-corrected chi connectivity index (χ3v) is 3.09. The van der Waals surface area contributed by atoms with Crippen LogP contribution in [-0.4, -0.2) is 22.8 Å². The average Bonchev–Trinajstić information content (AvgIpc) is 2.92. The molecule has 21 heavy (non-hydrogen) atoms. The number of anilines is 2. The fraction of sp³-hybridized carbons (Fsp3) is 0. The molecule has 3 aromatic rings. The largest absolute Gasteiger partial charge is 0.338 e. The summed E-state index contributed by atoms with van der Waals surface area (Å²) in [6.07, 6.45) is 1.27. The maximum atomic E-state index is 10.5. The minimum Gasteiger partial charge on any atom is -0.338 e. The molecule has 0 aliphatic carbocycles. The van der Waals surface area contributed by atoms with Crippen molar-refractivity contribution in [2.75, 3.05) is 10.6 Å². The lowest BCUT2D eigenvalue weighted by Gasteiger charge is -2.00. The number of aromatic nitrogens is 2. The van der Waals surface area contributed by atoms with E-state index in [1.54, 1.807) is 18.2 Å². The lowest BCUT2D eigenvalue weighted by Crippen LogP contribution is -1.92. The van der Waals surface area contributed by atoms with Crippen molar-refractivity contribution in [3.63, 3.8) is 0 Å². The Labute approximate surface area is 120 Å². The molecule has 0 radical (unpaired) electrons. The predicted octanol–water partition coefficient (Wildman–Crippen LogP) is 2.37. The number of H-pyrrole nitrogens is 1. The summed E-state index contributed by atoms with van der Waals surface area (Å²) in [6.45, 7) is 0. The van der Waals surface area contributed by atoms with Crippen molar-refractivity contribution in [3.05, 3.63) is 42.5 Å². The quantitative estimate of drug-likeness (QED) is 0.627. The van der Waals surface area contributed by atoms with Gasteiger partial charge in [0.2, 0.25) is 12.8 Å². The first-order valence-corrected chi connectivity index (χ1v) is 6.31. The number of nitrogens with one attached hydrogen (secondary N) is 3. The summed E-state index contributed by atoms with van der Waals surface area (Å²) in [4.78, 5) is 28.5. The molecule has 0 aliphatic heterocycles. The first kappa shape index (κ1) is 12.9. The summed E-state index contributed by atoms with van der Waals surface area (Å²) in [6, 6.07) is 12.8. The third kappa shape index (κ3) is 2.59. The molecule has 3 rings (SSSR count). The fourth-order valence-corrected chi connectivity index (χ4v) is 2.10. The van der Waals surface area contributed by atoms with Gasteiger partial charge in [0.05, 0.1) is 11.0 Å². The second-order valence-corrected chi connectivity index (χ2v) is 4.42. The number of carbonyl (C=O) groups excluding carboxylic acids is 2. The number of hydrogen-bond donors (Lipinski definition) is 3. The second kappa shape index (κ2) is 5.46. The Bertz CT molecular complexity index is 793. The number of benzene rings is 2. The minimum absolute atomic E-state index is 0.636. The van der Waals surface area contributed by atoms with Crippen molar-refractivity contribution >= 4 is 35.2 Å². The lowest BCUT2D eigenvalue weighted by molar-refractivity contribution is -0.106. The van der Waals surface area contributed by atoms with E-state index < -0.39 is 0 Å². The molecule has 0 atom stereocenters. The van der Waals surface area contributed by atoms with E-state index in [1.807, 2.05) is 24.3 Å². The predicted molar refractivity (Wildman–Crippen MR) is 80.9 cm³/mol. The zero-order valence-electron chi connectivity index (χ0n) is 11.0. The summed E-state index contributed by atoms with van der Waals surface area (Å²) in [5, 5.41) is 5.18. The van der Waals surface area contributed by atoms with Gasteiger partial charge < -0.3 is 15.6 Å². The van der Waals surface area contributed by atoms with Crippen molar-refractivity contribution in [1.82, 2.24) is 9.97 Å². The van der Waals surface area contributed by atoms with E-state index in [-0.39, 0.29) is 0 Å². The number of carbonyl (C=O) groups is 2. The minimum atomic E-state index is 0.636. The summed E-state index contributed by atoms with van der Waals surface area (Å²) >= 11 is 0. The topological polar surface area (TPSA) is 86.9 Å². The van der Waals surface area contributed by atoms with E-state index >= 15 is 0 Å². The molecule has 2 aromatic carbocycles. The van der Waals surface area contributed by atoms with E-state index in [1.165, 1.54) is 0 Å². The number of hydrogen-bond acceptors (Lipinski definition) is 3. The van der Waals surface area contributed by atoms with Gasteiger partial charge in [0.25, 0.3) is 0 Å². The first-order chi connectivity index (χ1) is 10.3. The van der Waals surface area contributed by atoms with Crippen LogP contribution >= 0.6 is 0 Å². The summed E-state index contributed by atoms with van der Waals surface area (Å²) in [5.74, 6) is 0.728. The molecule has 0 unspecified atom stereocenters. The SMILES string of the molecule is O=CNc1ccc(-c2nc3ccc(NC=O)cc3[nH]2)cc1. The van der Waals surface area contributed by atoms with E-state index in [9.17, 15) is 9.59 Å². The van der Waals surface area contributed by atoms with Gasteiger partial charge in [-0.2, -0.15) is 0 Å². The van der Waals surface area contributed by atoms with Gasteiger partial charge in [-0.05, 0) is 42.5 Å². The molecule has 0 spiro atoms. The van der Waals surface area contributed by atoms with E-state index in [2.05, 4.69) is 20.6 Å². The highest BCUT2D eigenvalue weighted by atomic mass is 16.1. The van der Waals surface area contributed by atoms with Crippen LogP contribution in [0.25, 0.3) is 22.4 Å². The van der Waals surface area contributed by atoms with Gasteiger partial charge in [-0.1, -0.05) is 0 Å². The van der Waals surface area contributed by atoms with Gasteiger partial charge >= 0.3 is 0 Å². The fourth-order valence-electron chi connectivity index (χ4n) is 2.10. The van der Waals surface area contributed by atoms with Gasteiger partial charge in [-0.15, -0.1) is 0 Å². The molecule has 6 nitrogen and oxygen atoms in total. The lowest BCUT2D eigenvalue weighted by atomic mass is 10.2.